The molecule has 2 aromatic heterocycles. The molecule has 0 aliphatic carbocycles. The summed E-state index contributed by atoms with van der Waals surface area (Å²) in [4.78, 5) is 62.7. The van der Waals surface area contributed by atoms with E-state index >= 15 is 0 Å². The smallest absolute Gasteiger partial charge is 0.410 e. The molecule has 2 aliphatic heterocycles. The summed E-state index contributed by atoms with van der Waals surface area (Å²) in [5, 5.41) is 1.04. The number of carbonyl (C=O) groups excluding carboxylic acids is 4. The van der Waals surface area contributed by atoms with Crippen LogP contribution in [0.15, 0.2) is 48.5 Å². The van der Waals surface area contributed by atoms with Crippen LogP contribution in [0.2, 0.25) is 0 Å². The molecule has 6 rings (SSSR count). The Kier molecular flexibility index (Phi) is 16.3. The van der Waals surface area contributed by atoms with E-state index in [1.54, 1.807) is 18.7 Å². The number of halogens is 1. The number of likely N-dealkylation sites (tertiary alicyclic amines) is 2. The molecular formula is C42H59BrN6O8. The highest BCUT2D eigenvalue weighted by atomic mass is 79.9. The predicted octanol–water partition coefficient (Wildman–Crippen LogP) is 8.63. The molecule has 2 saturated heterocycles. The average Bonchev–Trinajstić information content (AvgIpc) is 3.77. The van der Waals surface area contributed by atoms with Gasteiger partial charge in [0.15, 0.2) is 0 Å². The van der Waals surface area contributed by atoms with Crippen LogP contribution in [0.4, 0.5) is 9.59 Å². The molecular weight excluding hydrogens is 796 g/mol. The number of para-hydroxylation sites is 4. The topological polar surface area (TPSA) is 158 Å². The van der Waals surface area contributed by atoms with E-state index in [9.17, 15) is 19.2 Å². The zero-order valence-corrected chi connectivity index (χ0v) is 36.2. The zero-order valence-electron chi connectivity index (χ0n) is 34.6. The van der Waals surface area contributed by atoms with Gasteiger partial charge in [0, 0.05) is 38.1 Å². The van der Waals surface area contributed by atoms with E-state index in [1.807, 2.05) is 99.5 Å². The molecule has 0 radical (unpaired) electrons. The molecule has 4 heterocycles. The van der Waals surface area contributed by atoms with Gasteiger partial charge in [-0.25, -0.2) is 29.1 Å². The normalized spacial score (nSPS) is 15.2. The Morgan fingerprint density at radius 3 is 1.70 bits per heavy atom. The van der Waals surface area contributed by atoms with E-state index in [2.05, 4.69) is 30.9 Å². The Morgan fingerprint density at radius 1 is 0.702 bits per heavy atom. The Hall–Kier alpha value is -4.66. The van der Waals surface area contributed by atoms with Gasteiger partial charge in [-0.2, -0.15) is 0 Å². The van der Waals surface area contributed by atoms with Crippen LogP contribution in [0.1, 0.15) is 102 Å². The summed E-state index contributed by atoms with van der Waals surface area (Å²) in [5.74, 6) is 0.854. The number of carbonyl (C=O) groups is 4. The number of fused-ring (bicyclic) bond motifs is 2. The Balaban J connectivity index is 0.000000209. The Bertz CT molecular complexity index is 1900. The molecule has 2 amide bonds. The summed E-state index contributed by atoms with van der Waals surface area (Å²) in [7, 11) is 0. The Labute approximate surface area is 344 Å². The molecule has 14 nitrogen and oxygen atoms in total. The largest absolute Gasteiger partial charge is 0.460 e. The lowest BCUT2D eigenvalue weighted by Gasteiger charge is -2.33. The third-order valence-electron chi connectivity index (χ3n) is 9.16. The van der Waals surface area contributed by atoms with Crippen LogP contribution in [-0.4, -0.2) is 109 Å². The second-order valence-corrected chi connectivity index (χ2v) is 16.7. The van der Waals surface area contributed by atoms with E-state index < -0.39 is 17.5 Å². The summed E-state index contributed by atoms with van der Waals surface area (Å²) in [5.41, 5.74) is 2.46. The van der Waals surface area contributed by atoms with Gasteiger partial charge >= 0.3 is 24.1 Å². The molecule has 0 atom stereocenters. The lowest BCUT2D eigenvalue weighted by atomic mass is 9.97. The number of amides is 2. The number of aromatic amines is 1. The number of ether oxygens (including phenoxy) is 4. The van der Waals surface area contributed by atoms with Gasteiger partial charge in [-0.15, -0.1) is 0 Å². The minimum absolute atomic E-state index is 0.171. The van der Waals surface area contributed by atoms with Crippen molar-refractivity contribution in [1.29, 1.82) is 0 Å². The minimum Gasteiger partial charge on any atom is -0.460 e. The highest BCUT2D eigenvalue weighted by molar-refractivity contribution is 9.09. The van der Waals surface area contributed by atoms with Gasteiger partial charge in [0.05, 0.1) is 35.3 Å². The maximum absolute atomic E-state index is 12.4. The Morgan fingerprint density at radius 2 is 1.19 bits per heavy atom. The number of H-pyrrole nitrogens is 1. The minimum atomic E-state index is -0.488. The number of hydrogen-bond acceptors (Lipinski definition) is 10. The summed E-state index contributed by atoms with van der Waals surface area (Å²) >= 11 is 3.48. The van der Waals surface area contributed by atoms with Gasteiger partial charge < -0.3 is 38.3 Å². The molecule has 2 fully saturated rings. The van der Waals surface area contributed by atoms with Crippen molar-refractivity contribution in [2.75, 3.05) is 44.7 Å². The summed E-state index contributed by atoms with van der Waals surface area (Å²) in [6, 6.07) is 15.2. The van der Waals surface area contributed by atoms with Gasteiger partial charge in [-0.1, -0.05) is 40.2 Å². The van der Waals surface area contributed by atoms with Crippen molar-refractivity contribution in [3.63, 3.8) is 0 Å². The molecule has 1 N–H and O–H groups in total. The van der Waals surface area contributed by atoms with Crippen LogP contribution >= 0.6 is 15.9 Å². The van der Waals surface area contributed by atoms with E-state index in [0.717, 1.165) is 66.2 Å². The fourth-order valence-electron chi connectivity index (χ4n) is 6.34. The lowest BCUT2D eigenvalue weighted by molar-refractivity contribution is 0.0172. The molecule has 0 saturated carbocycles. The maximum atomic E-state index is 12.4. The number of hydrogen-bond donors (Lipinski definition) is 1. The van der Waals surface area contributed by atoms with Gasteiger partial charge in [0.1, 0.15) is 11.2 Å². The first-order chi connectivity index (χ1) is 27.0. The first kappa shape index (κ1) is 45.0. The van der Waals surface area contributed by atoms with Crippen molar-refractivity contribution in [3.05, 3.63) is 60.2 Å². The van der Waals surface area contributed by atoms with Crippen molar-refractivity contribution in [3.8, 4) is 0 Å². The summed E-state index contributed by atoms with van der Waals surface area (Å²) in [6.07, 6.45) is 3.43. The molecule has 15 heteroatoms. The second kappa shape index (κ2) is 20.7. The third kappa shape index (κ3) is 13.8. The number of nitrogens with one attached hydrogen (secondary N) is 1. The van der Waals surface area contributed by atoms with E-state index in [-0.39, 0.29) is 23.6 Å². The first-order valence-electron chi connectivity index (χ1n) is 19.8. The van der Waals surface area contributed by atoms with Gasteiger partial charge in [-0.3, -0.25) is 0 Å². The molecule has 2 aliphatic rings. The van der Waals surface area contributed by atoms with Gasteiger partial charge in [0.25, 0.3) is 0 Å². The molecule has 2 aromatic carbocycles. The van der Waals surface area contributed by atoms with E-state index in [1.165, 1.54) is 0 Å². The van der Waals surface area contributed by atoms with Crippen LogP contribution < -0.4 is 0 Å². The van der Waals surface area contributed by atoms with Crippen molar-refractivity contribution in [2.45, 2.75) is 98.8 Å². The van der Waals surface area contributed by atoms with Crippen molar-refractivity contribution < 1.29 is 38.1 Å². The fraction of sp³-hybridized carbons (Fsp3) is 0.571. The number of imidazole rings is 2. The summed E-state index contributed by atoms with van der Waals surface area (Å²) in [6.45, 7) is 19.2. The van der Waals surface area contributed by atoms with Crippen molar-refractivity contribution in [1.82, 2.24) is 29.3 Å². The number of esters is 2. The maximum Gasteiger partial charge on any atom is 0.410 e. The van der Waals surface area contributed by atoms with Crippen LogP contribution in [0.3, 0.4) is 0 Å². The molecule has 0 spiro atoms. The average molecular weight is 856 g/mol. The number of piperidine rings is 2. The number of benzene rings is 2. The third-order valence-corrected chi connectivity index (χ3v) is 10.1. The first-order valence-corrected chi connectivity index (χ1v) is 20.9. The fourth-order valence-corrected chi connectivity index (χ4v) is 6.99. The van der Waals surface area contributed by atoms with Crippen LogP contribution in [0.5, 0.6) is 0 Å². The molecule has 4 aromatic rings. The SMILES string of the molecule is CC(C)(C)OC(=O)N1CCC(CBr)CC1.CCOC(=O)c1nc2ccccc2[nH]1.CCOC(=O)c1nc2ccccc2n1CC1CCN(C(=O)OC(C)(C)C)CC1. The van der Waals surface area contributed by atoms with Gasteiger partial charge in [0.2, 0.25) is 11.6 Å². The lowest BCUT2D eigenvalue weighted by Crippen LogP contribution is -2.42. The van der Waals surface area contributed by atoms with E-state index in [0.29, 0.717) is 50.5 Å². The van der Waals surface area contributed by atoms with Crippen molar-refractivity contribution >= 4 is 62.1 Å². The number of aromatic nitrogens is 4. The predicted molar refractivity (Wildman–Crippen MR) is 223 cm³/mol. The molecule has 57 heavy (non-hydrogen) atoms. The van der Waals surface area contributed by atoms with Crippen LogP contribution in [0, 0.1) is 11.8 Å². The number of alkyl halides is 1. The quantitative estimate of drug-likeness (QED) is 0.108. The van der Waals surface area contributed by atoms with Gasteiger partial charge in [-0.05, 0) is 117 Å². The monoisotopic (exact) mass is 854 g/mol. The number of rotatable bonds is 7. The molecule has 312 valence electrons. The molecule has 0 unspecified atom stereocenters. The highest BCUT2D eigenvalue weighted by Gasteiger charge is 2.29. The molecule has 0 bridgehead atoms. The van der Waals surface area contributed by atoms with E-state index in [4.69, 9.17) is 18.9 Å². The number of nitrogens with zero attached hydrogens (tertiary/aromatic N) is 5. The van der Waals surface area contributed by atoms with Crippen LogP contribution in [0.25, 0.3) is 22.1 Å². The standard InChI is InChI=1S/C21H29N3O4.C11H20BrNO2.C10H10N2O2/c1-5-27-19(25)18-22-16-8-6-7-9-17(16)24(18)14-15-10-12-23(13-11-15)20(26)28-21(2,3)4;1-11(2,3)15-10(14)13-6-4-9(8-12)5-7-13;1-2-14-10(13)9-11-7-5-3-4-6-8(7)12-9/h6-9,15H,5,10-14H2,1-4H3;9H,4-8H2,1-3H3;3-6H,2H2,1H3,(H,11,12). The summed E-state index contributed by atoms with van der Waals surface area (Å²) < 4.78 is 22.8. The highest BCUT2D eigenvalue weighted by Crippen LogP contribution is 2.25. The van der Waals surface area contributed by atoms with Crippen molar-refractivity contribution in [2.24, 2.45) is 11.8 Å². The zero-order chi connectivity index (χ0) is 41.8. The second-order valence-electron chi connectivity index (χ2n) is 16.1. The van der Waals surface area contributed by atoms with Crippen LogP contribution in [-0.2, 0) is 25.5 Å².